The molecular formula is C15H8ClFN4O3S. The van der Waals surface area contributed by atoms with Crippen LogP contribution in [0.25, 0.3) is 10.6 Å². The molecule has 0 radical (unpaired) electrons. The summed E-state index contributed by atoms with van der Waals surface area (Å²) in [6, 6.07) is 5.20. The molecule has 25 heavy (non-hydrogen) atoms. The number of nitrogens with zero attached hydrogens (tertiary/aromatic N) is 3. The van der Waals surface area contributed by atoms with Crippen LogP contribution in [0.1, 0.15) is 20.2 Å². The Morgan fingerprint density at radius 1 is 1.20 bits per heavy atom. The zero-order chi connectivity index (χ0) is 18.0. The molecule has 2 N–H and O–H groups in total. The number of amides is 1. The van der Waals surface area contributed by atoms with Crippen LogP contribution in [0.3, 0.4) is 0 Å². The van der Waals surface area contributed by atoms with Gasteiger partial charge < -0.3 is 10.4 Å². The highest BCUT2D eigenvalue weighted by Crippen LogP contribution is 2.27. The molecule has 7 nitrogen and oxygen atoms in total. The molecule has 0 unspecified atom stereocenters. The molecule has 1 amide bonds. The number of aromatic nitrogens is 3. The van der Waals surface area contributed by atoms with Gasteiger partial charge in [0, 0.05) is 18.0 Å². The number of nitrogens with one attached hydrogen (secondary N) is 1. The Balaban J connectivity index is 1.87. The smallest absolute Gasteiger partial charge is 0.337 e. The lowest BCUT2D eigenvalue weighted by Crippen LogP contribution is -2.15. The standard InChI is InChI=1S/C15H8ClFN4O3S/c16-9-6-11(8(15(23)24)5-10(9)17)19-12(22)14-21-20-13(25-14)7-1-3-18-4-2-7/h1-6H,(H,19,22)(H,23,24). The van der Waals surface area contributed by atoms with Gasteiger partial charge in [-0.25, -0.2) is 9.18 Å². The van der Waals surface area contributed by atoms with Crippen molar-refractivity contribution < 1.29 is 19.1 Å². The third kappa shape index (κ3) is 3.62. The van der Waals surface area contributed by atoms with Crippen LogP contribution in [0.2, 0.25) is 5.02 Å². The molecule has 0 atom stereocenters. The Kier molecular flexibility index (Phi) is 4.68. The van der Waals surface area contributed by atoms with E-state index >= 15 is 0 Å². The summed E-state index contributed by atoms with van der Waals surface area (Å²) >= 11 is 6.67. The number of carboxylic acid groups (broad SMARTS) is 1. The van der Waals surface area contributed by atoms with Gasteiger partial charge in [0.15, 0.2) is 0 Å². The number of halogens is 2. The van der Waals surface area contributed by atoms with Crippen molar-refractivity contribution in [1.29, 1.82) is 0 Å². The number of benzene rings is 1. The van der Waals surface area contributed by atoms with Gasteiger partial charge in [-0.05, 0) is 24.3 Å². The lowest BCUT2D eigenvalue weighted by molar-refractivity contribution is 0.0697. The van der Waals surface area contributed by atoms with E-state index in [1.165, 1.54) is 0 Å². The molecule has 126 valence electrons. The van der Waals surface area contributed by atoms with Crippen LogP contribution in [-0.2, 0) is 0 Å². The van der Waals surface area contributed by atoms with Crippen molar-refractivity contribution in [1.82, 2.24) is 15.2 Å². The molecule has 0 aliphatic heterocycles. The zero-order valence-electron chi connectivity index (χ0n) is 12.2. The van der Waals surface area contributed by atoms with Crippen LogP contribution in [0.5, 0.6) is 0 Å². The van der Waals surface area contributed by atoms with E-state index in [0.717, 1.165) is 29.0 Å². The third-order valence-corrected chi connectivity index (χ3v) is 4.35. The molecule has 0 bridgehead atoms. The van der Waals surface area contributed by atoms with Gasteiger partial charge in [-0.15, -0.1) is 10.2 Å². The molecule has 2 heterocycles. The molecule has 0 saturated carbocycles. The van der Waals surface area contributed by atoms with Crippen LogP contribution in [0.15, 0.2) is 36.7 Å². The Morgan fingerprint density at radius 2 is 1.92 bits per heavy atom. The number of pyridine rings is 1. The first-order chi connectivity index (χ1) is 12.0. The quantitative estimate of drug-likeness (QED) is 0.721. The van der Waals surface area contributed by atoms with E-state index in [1.807, 2.05) is 0 Å². The predicted octanol–water partition coefficient (Wildman–Crippen LogP) is 3.34. The predicted molar refractivity (Wildman–Crippen MR) is 89.5 cm³/mol. The van der Waals surface area contributed by atoms with E-state index in [1.54, 1.807) is 24.5 Å². The molecular weight excluding hydrogens is 371 g/mol. The number of rotatable bonds is 4. The molecule has 0 spiro atoms. The van der Waals surface area contributed by atoms with Crippen molar-refractivity contribution in [2.24, 2.45) is 0 Å². The summed E-state index contributed by atoms with van der Waals surface area (Å²) in [4.78, 5) is 27.4. The molecule has 0 aliphatic rings. The van der Waals surface area contributed by atoms with Gasteiger partial charge >= 0.3 is 5.97 Å². The Morgan fingerprint density at radius 3 is 2.60 bits per heavy atom. The summed E-state index contributed by atoms with van der Waals surface area (Å²) in [7, 11) is 0. The van der Waals surface area contributed by atoms with E-state index in [2.05, 4.69) is 20.5 Å². The second-order valence-corrected chi connectivity index (χ2v) is 6.10. The number of carboxylic acids is 1. The minimum atomic E-state index is -1.40. The molecule has 0 saturated heterocycles. The van der Waals surface area contributed by atoms with Crippen LogP contribution in [0.4, 0.5) is 10.1 Å². The van der Waals surface area contributed by atoms with E-state index < -0.39 is 23.3 Å². The SMILES string of the molecule is O=C(Nc1cc(Cl)c(F)cc1C(=O)O)c1nnc(-c2ccncc2)s1. The highest BCUT2D eigenvalue weighted by atomic mass is 35.5. The van der Waals surface area contributed by atoms with Crippen LogP contribution in [-0.4, -0.2) is 32.2 Å². The fraction of sp³-hybridized carbons (Fsp3) is 0. The van der Waals surface area contributed by atoms with Crippen molar-refractivity contribution in [2.45, 2.75) is 0 Å². The highest BCUT2D eigenvalue weighted by Gasteiger charge is 2.19. The largest absolute Gasteiger partial charge is 0.478 e. The first kappa shape index (κ1) is 16.9. The molecule has 10 heteroatoms. The van der Waals surface area contributed by atoms with Crippen molar-refractivity contribution in [3.63, 3.8) is 0 Å². The number of aromatic carboxylic acids is 1. The Hall–Kier alpha value is -2.91. The molecule has 3 rings (SSSR count). The maximum absolute atomic E-state index is 13.4. The summed E-state index contributed by atoms with van der Waals surface area (Å²) in [6.45, 7) is 0. The topological polar surface area (TPSA) is 105 Å². The van der Waals surface area contributed by atoms with E-state index in [9.17, 15) is 14.0 Å². The van der Waals surface area contributed by atoms with Crippen molar-refractivity contribution in [3.05, 3.63) is 58.1 Å². The summed E-state index contributed by atoms with van der Waals surface area (Å²) in [5, 5.41) is 19.4. The zero-order valence-corrected chi connectivity index (χ0v) is 13.8. The van der Waals surface area contributed by atoms with Crippen molar-refractivity contribution >= 4 is 40.5 Å². The van der Waals surface area contributed by atoms with Gasteiger partial charge in [0.25, 0.3) is 5.91 Å². The number of carbonyl (C=O) groups excluding carboxylic acids is 1. The van der Waals surface area contributed by atoms with Crippen LogP contribution < -0.4 is 5.32 Å². The first-order valence-corrected chi connectivity index (χ1v) is 7.92. The number of hydrogen-bond donors (Lipinski definition) is 2. The van der Waals surface area contributed by atoms with Crippen molar-refractivity contribution in [3.8, 4) is 10.6 Å². The molecule has 0 fully saturated rings. The van der Waals surface area contributed by atoms with E-state index in [-0.39, 0.29) is 15.7 Å². The normalized spacial score (nSPS) is 10.5. The molecule has 2 aromatic heterocycles. The van der Waals surface area contributed by atoms with Crippen LogP contribution >= 0.6 is 22.9 Å². The van der Waals surface area contributed by atoms with Gasteiger partial charge in [-0.1, -0.05) is 22.9 Å². The minimum absolute atomic E-state index is 0.0172. The summed E-state index contributed by atoms with van der Waals surface area (Å²) in [6.07, 6.45) is 3.16. The van der Waals surface area contributed by atoms with Crippen molar-refractivity contribution in [2.75, 3.05) is 5.32 Å². The van der Waals surface area contributed by atoms with Gasteiger partial charge in [0.05, 0.1) is 16.3 Å². The lowest BCUT2D eigenvalue weighted by atomic mass is 10.1. The second-order valence-electron chi connectivity index (χ2n) is 4.72. The van der Waals surface area contributed by atoms with E-state index in [0.29, 0.717) is 5.01 Å². The average Bonchev–Trinajstić information content (AvgIpc) is 3.08. The third-order valence-electron chi connectivity index (χ3n) is 3.09. The number of anilines is 1. The first-order valence-electron chi connectivity index (χ1n) is 6.73. The molecule has 1 aromatic carbocycles. The lowest BCUT2D eigenvalue weighted by Gasteiger charge is -2.08. The van der Waals surface area contributed by atoms with Gasteiger partial charge in [0.1, 0.15) is 10.8 Å². The molecule has 3 aromatic rings. The van der Waals surface area contributed by atoms with Crippen LogP contribution in [0, 0.1) is 5.82 Å². The van der Waals surface area contributed by atoms with Gasteiger partial charge in [0.2, 0.25) is 5.01 Å². The number of carbonyl (C=O) groups is 2. The van der Waals surface area contributed by atoms with Gasteiger partial charge in [-0.2, -0.15) is 0 Å². The summed E-state index contributed by atoms with van der Waals surface area (Å²) in [5.41, 5.74) is 0.182. The highest BCUT2D eigenvalue weighted by molar-refractivity contribution is 7.16. The fourth-order valence-corrected chi connectivity index (χ4v) is 2.84. The maximum Gasteiger partial charge on any atom is 0.337 e. The number of hydrogen-bond acceptors (Lipinski definition) is 6. The second kappa shape index (κ2) is 6.91. The van der Waals surface area contributed by atoms with Gasteiger partial charge in [-0.3, -0.25) is 9.78 Å². The Bertz CT molecular complexity index is 965. The molecule has 0 aliphatic carbocycles. The Labute approximate surface area is 149 Å². The van der Waals surface area contributed by atoms with E-state index in [4.69, 9.17) is 16.7 Å². The summed E-state index contributed by atoms with van der Waals surface area (Å²) < 4.78 is 13.4. The average molecular weight is 379 g/mol. The minimum Gasteiger partial charge on any atom is -0.478 e. The summed E-state index contributed by atoms with van der Waals surface area (Å²) in [5.74, 6) is -2.98. The monoisotopic (exact) mass is 378 g/mol. The maximum atomic E-state index is 13.4. The fourth-order valence-electron chi connectivity index (χ4n) is 1.93.